The average Bonchev–Trinajstić information content (AvgIpc) is 2.79. The van der Waals surface area contributed by atoms with Crippen molar-refractivity contribution in [3.63, 3.8) is 0 Å². The molecular weight excluding hydrogens is 350 g/mol. The standard InChI is InChI=1S/C16H18BrNO2S/c1-10-8-14(21-15(10)17)16(19)18-11(2)9-12-6-4-5-7-13(12)20-3/h4-8,11H,9H2,1-3H3,(H,18,19). The van der Waals surface area contributed by atoms with Gasteiger partial charge in [0.1, 0.15) is 5.75 Å². The molecule has 2 aromatic rings. The molecule has 21 heavy (non-hydrogen) atoms. The lowest BCUT2D eigenvalue weighted by atomic mass is 10.1. The number of halogens is 1. The summed E-state index contributed by atoms with van der Waals surface area (Å²) in [7, 11) is 1.66. The molecule has 1 aromatic carbocycles. The van der Waals surface area contributed by atoms with Gasteiger partial charge in [0, 0.05) is 6.04 Å². The highest BCUT2D eigenvalue weighted by Crippen LogP contribution is 2.27. The van der Waals surface area contributed by atoms with E-state index >= 15 is 0 Å². The Morgan fingerprint density at radius 1 is 1.43 bits per heavy atom. The molecule has 0 aliphatic carbocycles. The Morgan fingerprint density at radius 2 is 2.14 bits per heavy atom. The van der Waals surface area contributed by atoms with Crippen LogP contribution in [-0.4, -0.2) is 19.1 Å². The maximum atomic E-state index is 12.2. The van der Waals surface area contributed by atoms with Crippen molar-refractivity contribution in [1.82, 2.24) is 5.32 Å². The summed E-state index contributed by atoms with van der Waals surface area (Å²) in [5.74, 6) is 0.824. The minimum Gasteiger partial charge on any atom is -0.496 e. The Balaban J connectivity index is 2.01. The van der Waals surface area contributed by atoms with E-state index in [-0.39, 0.29) is 11.9 Å². The fourth-order valence-electron chi connectivity index (χ4n) is 2.12. The number of hydrogen-bond donors (Lipinski definition) is 1. The van der Waals surface area contributed by atoms with Gasteiger partial charge in [-0.05, 0) is 59.5 Å². The number of carbonyl (C=O) groups excluding carboxylic acids is 1. The van der Waals surface area contributed by atoms with Gasteiger partial charge in [-0.3, -0.25) is 4.79 Å². The number of aryl methyl sites for hydroxylation is 1. The molecule has 0 saturated heterocycles. The molecule has 0 bridgehead atoms. The molecule has 0 aliphatic heterocycles. The number of carbonyl (C=O) groups is 1. The predicted molar refractivity (Wildman–Crippen MR) is 90.4 cm³/mol. The molecule has 1 unspecified atom stereocenters. The van der Waals surface area contributed by atoms with Gasteiger partial charge in [-0.1, -0.05) is 18.2 Å². The third-order valence-electron chi connectivity index (χ3n) is 3.18. The van der Waals surface area contributed by atoms with E-state index in [1.165, 1.54) is 11.3 Å². The van der Waals surface area contributed by atoms with Gasteiger partial charge in [-0.2, -0.15) is 0 Å². The van der Waals surface area contributed by atoms with Crippen LogP contribution in [0.1, 0.15) is 27.7 Å². The van der Waals surface area contributed by atoms with Crippen molar-refractivity contribution >= 4 is 33.2 Å². The van der Waals surface area contributed by atoms with Crippen LogP contribution in [-0.2, 0) is 6.42 Å². The van der Waals surface area contributed by atoms with Crippen molar-refractivity contribution in [2.45, 2.75) is 26.3 Å². The fraction of sp³-hybridized carbons (Fsp3) is 0.312. The molecule has 0 spiro atoms. The minimum atomic E-state index is -0.0313. The first-order valence-electron chi connectivity index (χ1n) is 6.70. The summed E-state index contributed by atoms with van der Waals surface area (Å²) in [5.41, 5.74) is 2.18. The number of hydrogen-bond acceptors (Lipinski definition) is 3. The van der Waals surface area contributed by atoms with Gasteiger partial charge < -0.3 is 10.1 Å². The van der Waals surface area contributed by atoms with E-state index in [1.807, 2.05) is 44.2 Å². The fourth-order valence-corrected chi connectivity index (χ4v) is 3.56. The summed E-state index contributed by atoms with van der Waals surface area (Å²) in [6, 6.07) is 9.82. The molecule has 1 heterocycles. The Labute approximate surface area is 137 Å². The van der Waals surface area contributed by atoms with E-state index in [1.54, 1.807) is 7.11 Å². The van der Waals surface area contributed by atoms with Crippen LogP contribution in [0.2, 0.25) is 0 Å². The second kappa shape index (κ2) is 7.09. The molecule has 1 atom stereocenters. The average molecular weight is 368 g/mol. The first-order valence-corrected chi connectivity index (χ1v) is 8.31. The topological polar surface area (TPSA) is 38.3 Å². The summed E-state index contributed by atoms with van der Waals surface area (Å²) in [6.07, 6.45) is 0.737. The van der Waals surface area contributed by atoms with Crippen molar-refractivity contribution in [1.29, 1.82) is 0 Å². The number of para-hydroxylation sites is 1. The smallest absolute Gasteiger partial charge is 0.261 e. The molecule has 5 heteroatoms. The summed E-state index contributed by atoms with van der Waals surface area (Å²) >= 11 is 4.90. The van der Waals surface area contributed by atoms with Crippen LogP contribution in [0.25, 0.3) is 0 Å². The molecule has 1 aromatic heterocycles. The Kier molecular flexibility index (Phi) is 5.42. The number of methoxy groups -OCH3 is 1. The molecule has 2 rings (SSSR count). The quantitative estimate of drug-likeness (QED) is 0.860. The van der Waals surface area contributed by atoms with Gasteiger partial charge in [0.15, 0.2) is 0 Å². The van der Waals surface area contributed by atoms with Crippen molar-refractivity contribution < 1.29 is 9.53 Å². The van der Waals surface area contributed by atoms with Crippen LogP contribution in [0.5, 0.6) is 5.75 Å². The zero-order valence-electron chi connectivity index (χ0n) is 12.3. The molecular formula is C16H18BrNO2S. The van der Waals surface area contributed by atoms with E-state index in [2.05, 4.69) is 21.2 Å². The first kappa shape index (κ1) is 16.0. The Morgan fingerprint density at radius 3 is 2.76 bits per heavy atom. The Bertz CT molecular complexity index is 619. The van der Waals surface area contributed by atoms with Crippen LogP contribution in [0, 0.1) is 6.92 Å². The summed E-state index contributed by atoms with van der Waals surface area (Å²) in [5, 5.41) is 3.03. The number of benzene rings is 1. The molecule has 0 saturated carbocycles. The second-order valence-corrected chi connectivity index (χ2v) is 7.33. The van der Waals surface area contributed by atoms with Crippen molar-refractivity contribution in [2.24, 2.45) is 0 Å². The minimum absolute atomic E-state index is 0.0313. The summed E-state index contributed by atoms with van der Waals surface area (Å²) in [6.45, 7) is 3.98. The van der Waals surface area contributed by atoms with E-state index in [9.17, 15) is 4.79 Å². The predicted octanol–water partition coefficient (Wildman–Crippen LogP) is 4.19. The summed E-state index contributed by atoms with van der Waals surface area (Å²) in [4.78, 5) is 12.9. The molecule has 0 radical (unpaired) electrons. The maximum absolute atomic E-state index is 12.2. The van der Waals surface area contributed by atoms with Gasteiger partial charge in [-0.25, -0.2) is 0 Å². The highest BCUT2D eigenvalue weighted by molar-refractivity contribution is 9.11. The van der Waals surface area contributed by atoms with Gasteiger partial charge in [0.2, 0.25) is 0 Å². The molecule has 0 aliphatic rings. The van der Waals surface area contributed by atoms with E-state index < -0.39 is 0 Å². The van der Waals surface area contributed by atoms with Crippen molar-refractivity contribution in [3.05, 3.63) is 50.1 Å². The SMILES string of the molecule is COc1ccccc1CC(C)NC(=O)c1cc(C)c(Br)s1. The van der Waals surface area contributed by atoms with Gasteiger partial charge in [-0.15, -0.1) is 11.3 Å². The molecule has 112 valence electrons. The number of rotatable bonds is 5. The lowest BCUT2D eigenvalue weighted by Crippen LogP contribution is -2.33. The van der Waals surface area contributed by atoms with Gasteiger partial charge in [0.05, 0.1) is 15.8 Å². The number of thiophene rings is 1. The van der Waals surface area contributed by atoms with Crippen LogP contribution < -0.4 is 10.1 Å². The second-order valence-electron chi connectivity index (χ2n) is 4.96. The zero-order chi connectivity index (χ0) is 15.4. The largest absolute Gasteiger partial charge is 0.496 e. The lowest BCUT2D eigenvalue weighted by Gasteiger charge is -2.15. The van der Waals surface area contributed by atoms with Crippen LogP contribution in [0.4, 0.5) is 0 Å². The third-order valence-corrected chi connectivity index (χ3v) is 5.31. The third kappa shape index (κ3) is 4.08. The molecule has 1 amide bonds. The highest BCUT2D eigenvalue weighted by atomic mass is 79.9. The van der Waals surface area contributed by atoms with Gasteiger partial charge >= 0.3 is 0 Å². The van der Waals surface area contributed by atoms with Crippen molar-refractivity contribution in [3.8, 4) is 5.75 Å². The normalized spacial score (nSPS) is 12.0. The maximum Gasteiger partial charge on any atom is 0.261 e. The van der Waals surface area contributed by atoms with Crippen LogP contribution in [0.15, 0.2) is 34.1 Å². The number of amides is 1. The summed E-state index contributed by atoms with van der Waals surface area (Å²) < 4.78 is 6.34. The van der Waals surface area contributed by atoms with E-state index in [0.29, 0.717) is 0 Å². The monoisotopic (exact) mass is 367 g/mol. The van der Waals surface area contributed by atoms with Crippen LogP contribution >= 0.6 is 27.3 Å². The van der Waals surface area contributed by atoms with Gasteiger partial charge in [0.25, 0.3) is 5.91 Å². The Hall–Kier alpha value is -1.33. The molecule has 3 nitrogen and oxygen atoms in total. The number of nitrogens with one attached hydrogen (secondary N) is 1. The number of ether oxygens (including phenoxy) is 1. The zero-order valence-corrected chi connectivity index (χ0v) is 14.7. The van der Waals surface area contributed by atoms with E-state index in [4.69, 9.17) is 4.74 Å². The van der Waals surface area contributed by atoms with Crippen LogP contribution in [0.3, 0.4) is 0 Å². The molecule has 0 fully saturated rings. The highest BCUT2D eigenvalue weighted by Gasteiger charge is 2.15. The first-order chi connectivity index (χ1) is 10.0. The lowest BCUT2D eigenvalue weighted by molar-refractivity contribution is 0.0944. The van der Waals surface area contributed by atoms with E-state index in [0.717, 1.165) is 32.0 Å². The van der Waals surface area contributed by atoms with Crippen molar-refractivity contribution in [2.75, 3.05) is 7.11 Å². The molecule has 1 N–H and O–H groups in total.